The Morgan fingerprint density at radius 3 is 1.60 bits per heavy atom. The second-order valence-corrected chi connectivity index (χ2v) is 8.97. The van der Waals surface area contributed by atoms with Gasteiger partial charge < -0.3 is 4.90 Å². The molecule has 2 atom stereocenters. The number of likely N-dealkylation sites (tertiary alicyclic amines) is 2. The van der Waals surface area contributed by atoms with Gasteiger partial charge in [-0.1, -0.05) is 48.5 Å². The van der Waals surface area contributed by atoms with Crippen molar-refractivity contribution in [1.29, 1.82) is 0 Å². The molecule has 0 radical (unpaired) electrons. The number of nitrogens with zero attached hydrogens (tertiary/aromatic N) is 2. The van der Waals surface area contributed by atoms with Crippen LogP contribution in [-0.4, -0.2) is 47.2 Å². The Bertz CT molecular complexity index is 956. The molecule has 0 spiro atoms. The fraction of sp³-hybridized carbons (Fsp3) is 0.400. The molecule has 5 nitrogen and oxygen atoms in total. The van der Waals surface area contributed by atoms with Crippen molar-refractivity contribution in [3.63, 3.8) is 0 Å². The smallest absolute Gasteiger partial charge is 0.242 e. The van der Waals surface area contributed by atoms with Gasteiger partial charge in [-0.2, -0.15) is 0 Å². The zero-order chi connectivity index (χ0) is 20.4. The SMILES string of the molecule is O=C(CN1C(=O)[C@H]2C3c4ccccc4C(c4ccccc43)[C@@H]2C1=O)N1CCCCC1. The highest BCUT2D eigenvalue weighted by molar-refractivity contribution is 6.09. The highest BCUT2D eigenvalue weighted by Crippen LogP contribution is 2.60. The summed E-state index contributed by atoms with van der Waals surface area (Å²) in [5.41, 5.74) is 4.64. The lowest BCUT2D eigenvalue weighted by Crippen LogP contribution is -2.45. The normalized spacial score (nSPS) is 28.9. The van der Waals surface area contributed by atoms with Gasteiger partial charge >= 0.3 is 0 Å². The molecule has 2 fully saturated rings. The molecule has 2 bridgehead atoms. The number of carbonyl (C=O) groups excluding carboxylic acids is 3. The number of carbonyl (C=O) groups is 3. The van der Waals surface area contributed by atoms with Crippen LogP contribution in [0.15, 0.2) is 48.5 Å². The van der Waals surface area contributed by atoms with Crippen LogP contribution in [0.25, 0.3) is 0 Å². The van der Waals surface area contributed by atoms with Crippen molar-refractivity contribution in [2.24, 2.45) is 11.8 Å². The lowest BCUT2D eigenvalue weighted by Gasteiger charge is -2.45. The molecule has 30 heavy (non-hydrogen) atoms. The van der Waals surface area contributed by atoms with Crippen LogP contribution >= 0.6 is 0 Å². The van der Waals surface area contributed by atoms with Crippen molar-refractivity contribution in [2.75, 3.05) is 19.6 Å². The van der Waals surface area contributed by atoms with Crippen LogP contribution < -0.4 is 0 Å². The Hall–Kier alpha value is -2.95. The standard InChI is InChI=1S/C25H24N2O3/c28-19(26-12-6-1-7-13-26)14-27-24(29)22-20-15-8-2-3-9-16(15)21(23(22)25(27)30)18-11-5-4-10-17(18)20/h2-5,8-11,20-23H,1,6-7,12-14H2/t20?,21?,22-,23-/m0/s1. The van der Waals surface area contributed by atoms with Gasteiger partial charge in [-0.3, -0.25) is 19.3 Å². The molecule has 0 unspecified atom stereocenters. The summed E-state index contributed by atoms with van der Waals surface area (Å²) in [6.07, 6.45) is 3.12. The minimum Gasteiger partial charge on any atom is -0.341 e. The van der Waals surface area contributed by atoms with E-state index in [1.807, 2.05) is 29.2 Å². The molecule has 0 aromatic heterocycles. The first-order valence-corrected chi connectivity index (χ1v) is 11.0. The van der Waals surface area contributed by atoms with Crippen molar-refractivity contribution in [2.45, 2.75) is 31.1 Å². The maximum absolute atomic E-state index is 13.5. The highest BCUT2D eigenvalue weighted by atomic mass is 16.2. The molecule has 2 saturated heterocycles. The van der Waals surface area contributed by atoms with E-state index < -0.39 is 11.8 Å². The zero-order valence-corrected chi connectivity index (χ0v) is 16.8. The molecule has 2 aromatic carbocycles. The molecular formula is C25H24N2O3. The van der Waals surface area contributed by atoms with Crippen LogP contribution in [0.3, 0.4) is 0 Å². The molecule has 0 saturated carbocycles. The third kappa shape index (κ3) is 2.32. The van der Waals surface area contributed by atoms with Crippen molar-refractivity contribution in [3.05, 3.63) is 70.8 Å². The van der Waals surface area contributed by atoms with E-state index in [1.165, 1.54) is 4.90 Å². The van der Waals surface area contributed by atoms with E-state index in [2.05, 4.69) is 24.3 Å². The topological polar surface area (TPSA) is 57.7 Å². The Kier molecular flexibility index (Phi) is 3.89. The summed E-state index contributed by atoms with van der Waals surface area (Å²) in [4.78, 5) is 42.9. The minimum absolute atomic E-state index is 0.0996. The number of hydrogen-bond acceptors (Lipinski definition) is 3. The number of rotatable bonds is 2. The summed E-state index contributed by atoms with van der Waals surface area (Å²) in [6.45, 7) is 1.34. The largest absolute Gasteiger partial charge is 0.341 e. The van der Waals surface area contributed by atoms with Crippen molar-refractivity contribution in [1.82, 2.24) is 9.80 Å². The molecule has 3 amide bonds. The quantitative estimate of drug-likeness (QED) is 0.729. The summed E-state index contributed by atoms with van der Waals surface area (Å²) in [5, 5.41) is 0. The summed E-state index contributed by atoms with van der Waals surface area (Å²) in [5.74, 6) is -1.47. The number of hydrogen-bond donors (Lipinski definition) is 0. The maximum atomic E-state index is 13.5. The first-order valence-electron chi connectivity index (χ1n) is 11.0. The molecule has 152 valence electrons. The van der Waals surface area contributed by atoms with E-state index in [4.69, 9.17) is 0 Å². The number of imide groups is 1. The lowest BCUT2D eigenvalue weighted by molar-refractivity contribution is -0.147. The highest BCUT2D eigenvalue weighted by Gasteiger charge is 2.61. The summed E-state index contributed by atoms with van der Waals surface area (Å²) >= 11 is 0. The molecular weight excluding hydrogens is 376 g/mol. The van der Waals surface area contributed by atoms with Crippen LogP contribution in [0.4, 0.5) is 0 Å². The Labute approximate surface area is 175 Å². The third-order valence-electron chi connectivity index (χ3n) is 7.54. The van der Waals surface area contributed by atoms with Crippen LogP contribution in [0.1, 0.15) is 53.4 Å². The van der Waals surface area contributed by atoms with Crippen LogP contribution in [0.5, 0.6) is 0 Å². The fourth-order valence-electron chi connectivity index (χ4n) is 6.27. The van der Waals surface area contributed by atoms with Crippen molar-refractivity contribution >= 4 is 17.7 Å². The molecule has 2 heterocycles. The van der Waals surface area contributed by atoms with E-state index >= 15 is 0 Å². The van der Waals surface area contributed by atoms with Gasteiger partial charge in [0.15, 0.2) is 0 Å². The van der Waals surface area contributed by atoms with E-state index in [0.717, 1.165) is 54.6 Å². The number of benzene rings is 2. The van der Waals surface area contributed by atoms with Crippen LogP contribution in [0, 0.1) is 11.8 Å². The van der Waals surface area contributed by atoms with Gasteiger partial charge in [-0.25, -0.2) is 0 Å². The van der Waals surface area contributed by atoms with Crippen molar-refractivity contribution in [3.8, 4) is 0 Å². The van der Waals surface area contributed by atoms with Crippen LogP contribution in [0.2, 0.25) is 0 Å². The lowest BCUT2D eigenvalue weighted by atomic mass is 9.55. The van der Waals surface area contributed by atoms with Gasteiger partial charge in [0.25, 0.3) is 0 Å². The summed E-state index contributed by atoms with van der Waals surface area (Å²) in [6, 6.07) is 16.4. The molecule has 2 aromatic rings. The Morgan fingerprint density at radius 2 is 1.17 bits per heavy atom. The fourth-order valence-corrected chi connectivity index (χ4v) is 6.27. The maximum Gasteiger partial charge on any atom is 0.242 e. The van der Waals surface area contributed by atoms with Gasteiger partial charge in [0.1, 0.15) is 6.54 Å². The van der Waals surface area contributed by atoms with E-state index in [9.17, 15) is 14.4 Å². The molecule has 5 heteroatoms. The van der Waals surface area contributed by atoms with Crippen LogP contribution in [-0.2, 0) is 14.4 Å². The van der Waals surface area contributed by atoms with E-state index in [-0.39, 0.29) is 36.1 Å². The number of piperidine rings is 1. The molecule has 3 aliphatic carbocycles. The molecule has 0 N–H and O–H groups in total. The van der Waals surface area contributed by atoms with Gasteiger partial charge in [-0.05, 0) is 41.5 Å². The Morgan fingerprint density at radius 1 is 0.733 bits per heavy atom. The van der Waals surface area contributed by atoms with Gasteiger partial charge in [0.2, 0.25) is 17.7 Å². The van der Waals surface area contributed by atoms with Gasteiger partial charge in [-0.15, -0.1) is 0 Å². The summed E-state index contributed by atoms with van der Waals surface area (Å²) in [7, 11) is 0. The van der Waals surface area contributed by atoms with Crippen molar-refractivity contribution < 1.29 is 14.4 Å². The number of amides is 3. The zero-order valence-electron chi connectivity index (χ0n) is 16.8. The predicted molar refractivity (Wildman–Crippen MR) is 111 cm³/mol. The van der Waals surface area contributed by atoms with E-state index in [0.29, 0.717) is 0 Å². The third-order valence-corrected chi connectivity index (χ3v) is 7.54. The average molecular weight is 400 g/mol. The molecule has 7 rings (SSSR count). The monoisotopic (exact) mass is 400 g/mol. The second-order valence-electron chi connectivity index (χ2n) is 8.97. The minimum atomic E-state index is -0.401. The molecule has 5 aliphatic rings. The summed E-state index contributed by atoms with van der Waals surface area (Å²) < 4.78 is 0. The Balaban J connectivity index is 1.39. The first-order chi connectivity index (χ1) is 14.7. The van der Waals surface area contributed by atoms with Gasteiger partial charge in [0.05, 0.1) is 11.8 Å². The van der Waals surface area contributed by atoms with Gasteiger partial charge in [0, 0.05) is 24.9 Å². The predicted octanol–water partition coefficient (Wildman–Crippen LogP) is 2.89. The average Bonchev–Trinajstić information content (AvgIpc) is 3.05. The second kappa shape index (κ2) is 6.53. The van der Waals surface area contributed by atoms with E-state index in [1.54, 1.807) is 0 Å². The first kappa shape index (κ1) is 17.9. The molecule has 2 aliphatic heterocycles.